The molecule has 0 unspecified atom stereocenters. The van der Waals surface area contributed by atoms with E-state index in [0.29, 0.717) is 11.6 Å². The Hall–Kier alpha value is -0.910. The van der Waals surface area contributed by atoms with Crippen molar-refractivity contribution in [2.45, 2.75) is 62.9 Å². The molecule has 0 saturated carbocycles. The lowest BCUT2D eigenvalue weighted by Gasteiger charge is -2.49. The average Bonchev–Trinajstić information content (AvgIpc) is 3.03. The van der Waals surface area contributed by atoms with Crippen molar-refractivity contribution in [3.05, 3.63) is 17.5 Å². The minimum Gasteiger partial charge on any atom is -0.381 e. The van der Waals surface area contributed by atoms with Gasteiger partial charge in [-0.15, -0.1) is 0 Å². The first-order chi connectivity index (χ1) is 11.8. The summed E-state index contributed by atoms with van der Waals surface area (Å²) in [6, 6.07) is 0.479. The molecule has 5 nitrogen and oxygen atoms in total. The number of piperidine rings is 1. The molecular formula is C19H32N4O. The Kier molecular flexibility index (Phi) is 4.93. The van der Waals surface area contributed by atoms with E-state index < -0.39 is 0 Å². The van der Waals surface area contributed by atoms with Crippen LogP contribution in [-0.4, -0.2) is 53.1 Å². The summed E-state index contributed by atoms with van der Waals surface area (Å²) in [6.45, 7) is 5.46. The minimum atomic E-state index is 0.304. The van der Waals surface area contributed by atoms with Crippen LogP contribution in [-0.2, 0) is 18.2 Å². The first-order valence-electron chi connectivity index (χ1n) is 9.85. The molecule has 2 aliphatic heterocycles. The van der Waals surface area contributed by atoms with Gasteiger partial charge in [0.15, 0.2) is 0 Å². The van der Waals surface area contributed by atoms with Gasteiger partial charge in [0.2, 0.25) is 0 Å². The van der Waals surface area contributed by atoms with Gasteiger partial charge < -0.3 is 10.1 Å². The highest BCUT2D eigenvalue weighted by Crippen LogP contribution is 2.33. The molecule has 2 saturated heterocycles. The molecule has 0 bridgehead atoms. The molecule has 4 rings (SSSR count). The summed E-state index contributed by atoms with van der Waals surface area (Å²) in [5.74, 6) is 0. The van der Waals surface area contributed by atoms with Crippen LogP contribution in [0.15, 0.2) is 6.20 Å². The molecule has 1 aliphatic carbocycles. The zero-order valence-corrected chi connectivity index (χ0v) is 15.1. The van der Waals surface area contributed by atoms with E-state index in [2.05, 4.69) is 33.2 Å². The number of nitrogens with zero attached hydrogens (tertiary/aromatic N) is 3. The summed E-state index contributed by atoms with van der Waals surface area (Å²) in [7, 11) is 2.08. The molecule has 3 heterocycles. The topological polar surface area (TPSA) is 42.3 Å². The molecule has 0 radical (unpaired) electrons. The number of rotatable bonds is 4. The second-order valence-corrected chi connectivity index (χ2v) is 7.88. The largest absolute Gasteiger partial charge is 0.381 e. The number of likely N-dealkylation sites (tertiary alicyclic amines) is 1. The Bertz CT molecular complexity index is 544. The van der Waals surface area contributed by atoms with E-state index >= 15 is 0 Å². The first kappa shape index (κ1) is 16.6. The zero-order chi connectivity index (χ0) is 16.4. The monoisotopic (exact) mass is 332 g/mol. The molecule has 1 N–H and O–H groups in total. The van der Waals surface area contributed by atoms with Gasteiger partial charge in [-0.25, -0.2) is 0 Å². The maximum Gasteiger partial charge on any atom is 0.0540 e. The third kappa shape index (κ3) is 3.14. The molecule has 24 heavy (non-hydrogen) atoms. The number of aromatic nitrogens is 2. The van der Waals surface area contributed by atoms with Gasteiger partial charge in [0.1, 0.15) is 0 Å². The predicted molar refractivity (Wildman–Crippen MR) is 95.1 cm³/mol. The van der Waals surface area contributed by atoms with Gasteiger partial charge in [0.05, 0.1) is 6.20 Å². The summed E-state index contributed by atoms with van der Waals surface area (Å²) in [5, 5.41) is 8.45. The van der Waals surface area contributed by atoms with Crippen molar-refractivity contribution in [2.75, 3.05) is 32.8 Å². The van der Waals surface area contributed by atoms with Gasteiger partial charge in [-0.2, -0.15) is 5.10 Å². The van der Waals surface area contributed by atoms with E-state index in [1.54, 1.807) is 0 Å². The van der Waals surface area contributed by atoms with Crippen molar-refractivity contribution < 1.29 is 4.74 Å². The van der Waals surface area contributed by atoms with Crippen LogP contribution in [0, 0.1) is 0 Å². The Balaban J connectivity index is 1.47. The SMILES string of the molecule is Cn1ncc2c1CCC[C@H]2NCC1(N2CCCCC2)CCOCC1. The number of hydrogen-bond acceptors (Lipinski definition) is 4. The summed E-state index contributed by atoms with van der Waals surface area (Å²) in [6.07, 6.45) is 12.2. The normalized spacial score (nSPS) is 27.8. The number of hydrogen-bond donors (Lipinski definition) is 1. The van der Waals surface area contributed by atoms with Crippen LogP contribution in [0.3, 0.4) is 0 Å². The van der Waals surface area contributed by atoms with Crippen LogP contribution in [0.5, 0.6) is 0 Å². The minimum absolute atomic E-state index is 0.304. The predicted octanol–water partition coefficient (Wildman–Crippen LogP) is 2.42. The quantitative estimate of drug-likeness (QED) is 0.919. The van der Waals surface area contributed by atoms with Gasteiger partial charge in [-0.3, -0.25) is 9.58 Å². The highest BCUT2D eigenvalue weighted by atomic mass is 16.5. The fraction of sp³-hybridized carbons (Fsp3) is 0.842. The Morgan fingerprint density at radius 2 is 2.00 bits per heavy atom. The van der Waals surface area contributed by atoms with E-state index in [1.807, 2.05) is 0 Å². The lowest BCUT2D eigenvalue weighted by atomic mass is 9.85. The van der Waals surface area contributed by atoms with Crippen molar-refractivity contribution in [3.8, 4) is 0 Å². The summed E-state index contributed by atoms with van der Waals surface area (Å²) in [4.78, 5) is 2.78. The van der Waals surface area contributed by atoms with E-state index in [1.165, 1.54) is 75.7 Å². The Labute approximate surface area is 145 Å². The molecule has 0 amide bonds. The van der Waals surface area contributed by atoms with E-state index in [4.69, 9.17) is 4.74 Å². The van der Waals surface area contributed by atoms with Crippen molar-refractivity contribution in [2.24, 2.45) is 7.05 Å². The fourth-order valence-electron chi connectivity index (χ4n) is 4.96. The highest BCUT2D eigenvalue weighted by Gasteiger charge is 2.39. The van der Waals surface area contributed by atoms with Crippen LogP contribution < -0.4 is 5.32 Å². The van der Waals surface area contributed by atoms with Crippen LogP contribution >= 0.6 is 0 Å². The molecule has 134 valence electrons. The van der Waals surface area contributed by atoms with E-state index in [0.717, 1.165) is 19.8 Å². The summed E-state index contributed by atoms with van der Waals surface area (Å²) < 4.78 is 7.77. The molecule has 1 aromatic rings. The van der Waals surface area contributed by atoms with Crippen molar-refractivity contribution in [3.63, 3.8) is 0 Å². The van der Waals surface area contributed by atoms with Gasteiger partial charge in [0.25, 0.3) is 0 Å². The van der Waals surface area contributed by atoms with E-state index in [-0.39, 0.29) is 0 Å². The lowest BCUT2D eigenvalue weighted by Crippen LogP contribution is -2.59. The summed E-state index contributed by atoms with van der Waals surface area (Å²) >= 11 is 0. The third-order valence-corrected chi connectivity index (χ3v) is 6.50. The van der Waals surface area contributed by atoms with Gasteiger partial charge in [0, 0.05) is 49.6 Å². The maximum absolute atomic E-state index is 5.70. The second kappa shape index (κ2) is 7.14. The maximum atomic E-state index is 5.70. The number of aryl methyl sites for hydroxylation is 1. The van der Waals surface area contributed by atoms with Gasteiger partial charge >= 0.3 is 0 Å². The first-order valence-corrected chi connectivity index (χ1v) is 9.85. The zero-order valence-electron chi connectivity index (χ0n) is 15.1. The molecule has 0 aromatic carbocycles. The van der Waals surface area contributed by atoms with Crippen molar-refractivity contribution in [1.82, 2.24) is 20.0 Å². The van der Waals surface area contributed by atoms with Crippen LogP contribution in [0.2, 0.25) is 0 Å². The molecular weight excluding hydrogens is 300 g/mol. The number of nitrogens with one attached hydrogen (secondary N) is 1. The number of fused-ring (bicyclic) bond motifs is 1. The lowest BCUT2D eigenvalue weighted by molar-refractivity contribution is -0.0370. The molecule has 5 heteroatoms. The smallest absolute Gasteiger partial charge is 0.0540 e. The Morgan fingerprint density at radius 3 is 2.79 bits per heavy atom. The fourth-order valence-corrected chi connectivity index (χ4v) is 4.96. The van der Waals surface area contributed by atoms with E-state index in [9.17, 15) is 0 Å². The Morgan fingerprint density at radius 1 is 1.21 bits per heavy atom. The standard InChI is InChI=1S/C19H32N4O/c1-22-18-7-5-6-17(16(18)14-21-22)20-15-19(8-12-24-13-9-19)23-10-3-2-4-11-23/h14,17,20H,2-13,15H2,1H3/t17-/m1/s1. The molecule has 0 spiro atoms. The van der Waals surface area contributed by atoms with Crippen molar-refractivity contribution >= 4 is 0 Å². The van der Waals surface area contributed by atoms with Crippen molar-refractivity contribution in [1.29, 1.82) is 0 Å². The van der Waals surface area contributed by atoms with Crippen LogP contribution in [0.25, 0.3) is 0 Å². The van der Waals surface area contributed by atoms with Crippen LogP contribution in [0.1, 0.15) is 62.2 Å². The van der Waals surface area contributed by atoms with Crippen LogP contribution in [0.4, 0.5) is 0 Å². The average molecular weight is 332 g/mol. The molecule has 3 aliphatic rings. The van der Waals surface area contributed by atoms with Gasteiger partial charge in [-0.1, -0.05) is 6.42 Å². The van der Waals surface area contributed by atoms with Gasteiger partial charge in [-0.05, 0) is 58.0 Å². The molecule has 1 atom stereocenters. The number of ether oxygens (including phenoxy) is 1. The summed E-state index contributed by atoms with van der Waals surface area (Å²) in [5.41, 5.74) is 3.17. The highest BCUT2D eigenvalue weighted by molar-refractivity contribution is 5.24. The molecule has 1 aromatic heterocycles. The molecule has 2 fully saturated rings. The second-order valence-electron chi connectivity index (χ2n) is 7.88. The third-order valence-electron chi connectivity index (χ3n) is 6.50.